The first-order chi connectivity index (χ1) is 11.6. The molecule has 0 spiro atoms. The van der Waals surface area contributed by atoms with Crippen LogP contribution < -0.4 is 5.32 Å². The number of thioether (sulfide) groups is 1. The predicted molar refractivity (Wildman–Crippen MR) is 97.8 cm³/mol. The molecule has 4 rings (SSSR count). The van der Waals surface area contributed by atoms with Crippen LogP contribution in [0.4, 0.5) is 5.82 Å². The van der Waals surface area contributed by atoms with Crippen molar-refractivity contribution in [3.05, 3.63) is 34.6 Å². The first kappa shape index (κ1) is 15.9. The van der Waals surface area contributed by atoms with Gasteiger partial charge in [-0.05, 0) is 32.2 Å². The highest BCUT2D eigenvalue weighted by Crippen LogP contribution is 2.41. The number of fused-ring (bicyclic) bond motifs is 3. The summed E-state index contributed by atoms with van der Waals surface area (Å²) >= 11 is 3.33. The zero-order chi connectivity index (χ0) is 16.7. The maximum Gasteiger partial charge on any atom is 0.189 e. The fourth-order valence-corrected chi connectivity index (χ4v) is 4.63. The molecule has 1 aliphatic rings. The van der Waals surface area contributed by atoms with Gasteiger partial charge >= 0.3 is 0 Å². The summed E-state index contributed by atoms with van der Waals surface area (Å²) in [6, 6.07) is 3.85. The number of hydrogen-bond donors (Lipinski definition) is 1. The molecule has 0 aromatic carbocycles. The van der Waals surface area contributed by atoms with E-state index in [1.807, 2.05) is 18.4 Å². The normalized spacial score (nSPS) is 16.3. The number of hydrogen-bond acceptors (Lipinski definition) is 7. The van der Waals surface area contributed by atoms with Crippen LogP contribution in [-0.4, -0.2) is 21.8 Å². The minimum Gasteiger partial charge on any atom is -0.467 e. The van der Waals surface area contributed by atoms with E-state index in [2.05, 4.69) is 24.1 Å². The molecular weight excluding hydrogens is 342 g/mol. The Kier molecular flexibility index (Phi) is 4.02. The van der Waals surface area contributed by atoms with Crippen LogP contribution in [0.2, 0.25) is 0 Å². The van der Waals surface area contributed by atoms with E-state index in [4.69, 9.17) is 14.1 Å². The summed E-state index contributed by atoms with van der Waals surface area (Å²) in [6.07, 6.45) is 4.59. The lowest BCUT2D eigenvalue weighted by Crippen LogP contribution is -2.30. The van der Waals surface area contributed by atoms with E-state index in [-0.39, 0.29) is 5.60 Å². The van der Waals surface area contributed by atoms with E-state index >= 15 is 0 Å². The maximum atomic E-state index is 5.99. The SMILES string of the molecule is CSc1nc(NCc2ccco2)c2sc3c(c2n1)COC(C)(C)C3. The zero-order valence-corrected chi connectivity index (χ0v) is 15.5. The van der Waals surface area contributed by atoms with Gasteiger partial charge in [0.15, 0.2) is 5.16 Å². The van der Waals surface area contributed by atoms with E-state index in [0.717, 1.165) is 33.4 Å². The van der Waals surface area contributed by atoms with Gasteiger partial charge in [0.05, 0.1) is 35.2 Å². The van der Waals surface area contributed by atoms with Gasteiger partial charge in [-0.3, -0.25) is 0 Å². The Bertz CT molecular complexity index is 872. The second-order valence-electron chi connectivity index (χ2n) is 6.40. The van der Waals surface area contributed by atoms with Crippen molar-refractivity contribution >= 4 is 39.1 Å². The Morgan fingerprint density at radius 3 is 3.00 bits per heavy atom. The number of aromatic nitrogens is 2. The average Bonchev–Trinajstić information content (AvgIpc) is 3.18. The highest BCUT2D eigenvalue weighted by Gasteiger charge is 2.30. The summed E-state index contributed by atoms with van der Waals surface area (Å²) < 4.78 is 12.5. The van der Waals surface area contributed by atoms with Gasteiger partial charge < -0.3 is 14.5 Å². The Hall–Kier alpha value is -1.57. The number of thiophene rings is 1. The minimum absolute atomic E-state index is 0.120. The molecule has 0 saturated carbocycles. The summed E-state index contributed by atoms with van der Waals surface area (Å²) in [5, 5.41) is 4.18. The van der Waals surface area contributed by atoms with Crippen LogP contribution in [-0.2, 0) is 24.3 Å². The van der Waals surface area contributed by atoms with E-state index < -0.39 is 0 Å². The first-order valence-corrected chi connectivity index (χ1v) is 9.86. The largest absolute Gasteiger partial charge is 0.467 e. The lowest BCUT2D eigenvalue weighted by Gasteiger charge is -2.29. The Labute approximate surface area is 148 Å². The maximum absolute atomic E-state index is 5.99. The number of ether oxygens (including phenoxy) is 1. The lowest BCUT2D eigenvalue weighted by atomic mass is 9.98. The second kappa shape index (κ2) is 6.06. The zero-order valence-electron chi connectivity index (χ0n) is 13.9. The fraction of sp³-hybridized carbons (Fsp3) is 0.412. The van der Waals surface area contributed by atoms with Crippen LogP contribution in [0.25, 0.3) is 10.2 Å². The molecule has 0 saturated heterocycles. The molecule has 0 aliphatic carbocycles. The molecule has 1 aliphatic heterocycles. The molecule has 126 valence electrons. The average molecular weight is 361 g/mol. The third kappa shape index (κ3) is 2.92. The van der Waals surface area contributed by atoms with Crippen LogP contribution >= 0.6 is 23.1 Å². The molecule has 0 amide bonds. The Morgan fingerprint density at radius 2 is 2.25 bits per heavy atom. The predicted octanol–water partition coefficient (Wildman–Crippen LogP) is 4.47. The summed E-state index contributed by atoms with van der Waals surface area (Å²) in [5.41, 5.74) is 2.12. The van der Waals surface area contributed by atoms with Gasteiger partial charge in [-0.25, -0.2) is 9.97 Å². The van der Waals surface area contributed by atoms with E-state index in [1.54, 1.807) is 29.4 Å². The van der Waals surface area contributed by atoms with Crippen molar-refractivity contribution in [1.29, 1.82) is 0 Å². The number of furan rings is 1. The Balaban J connectivity index is 1.76. The van der Waals surface area contributed by atoms with Crippen molar-refractivity contribution in [3.8, 4) is 0 Å². The lowest BCUT2D eigenvalue weighted by molar-refractivity contribution is -0.0383. The highest BCUT2D eigenvalue weighted by atomic mass is 32.2. The molecule has 0 unspecified atom stereocenters. The van der Waals surface area contributed by atoms with Gasteiger partial charge in [-0.1, -0.05) is 11.8 Å². The van der Waals surface area contributed by atoms with Gasteiger partial charge in [0.2, 0.25) is 0 Å². The van der Waals surface area contributed by atoms with Gasteiger partial charge in [0.25, 0.3) is 0 Å². The van der Waals surface area contributed by atoms with Crippen LogP contribution in [0, 0.1) is 0 Å². The molecule has 1 N–H and O–H groups in total. The number of anilines is 1. The molecule has 0 bridgehead atoms. The number of nitrogens with one attached hydrogen (secondary N) is 1. The van der Waals surface area contributed by atoms with Crippen LogP contribution in [0.15, 0.2) is 28.0 Å². The molecule has 5 nitrogen and oxygen atoms in total. The summed E-state index contributed by atoms with van der Waals surface area (Å²) in [7, 11) is 0. The monoisotopic (exact) mass is 361 g/mol. The van der Waals surface area contributed by atoms with Gasteiger partial charge in [-0.15, -0.1) is 11.3 Å². The van der Waals surface area contributed by atoms with Crippen molar-refractivity contribution < 1.29 is 9.15 Å². The summed E-state index contributed by atoms with van der Waals surface area (Å²) in [5.74, 6) is 1.76. The molecule has 24 heavy (non-hydrogen) atoms. The van der Waals surface area contributed by atoms with Crippen molar-refractivity contribution in [3.63, 3.8) is 0 Å². The first-order valence-electron chi connectivity index (χ1n) is 7.82. The molecular formula is C17H19N3O2S2. The quantitative estimate of drug-likeness (QED) is 0.546. The summed E-state index contributed by atoms with van der Waals surface area (Å²) in [6.45, 7) is 5.49. The third-order valence-corrected chi connectivity index (χ3v) is 5.85. The van der Waals surface area contributed by atoms with Crippen molar-refractivity contribution in [2.24, 2.45) is 0 Å². The smallest absolute Gasteiger partial charge is 0.189 e. The summed E-state index contributed by atoms with van der Waals surface area (Å²) in [4.78, 5) is 10.8. The molecule has 0 radical (unpaired) electrons. The van der Waals surface area contributed by atoms with E-state index in [9.17, 15) is 0 Å². The molecule has 4 heterocycles. The van der Waals surface area contributed by atoms with E-state index in [1.165, 1.54) is 10.4 Å². The minimum atomic E-state index is -0.120. The molecule has 0 fully saturated rings. The van der Waals surface area contributed by atoms with Gasteiger partial charge in [0, 0.05) is 16.9 Å². The fourth-order valence-electron chi connectivity index (χ4n) is 2.84. The van der Waals surface area contributed by atoms with Crippen molar-refractivity contribution in [1.82, 2.24) is 9.97 Å². The van der Waals surface area contributed by atoms with Crippen molar-refractivity contribution in [2.75, 3.05) is 11.6 Å². The molecule has 3 aromatic rings. The second-order valence-corrected chi connectivity index (χ2v) is 8.28. The van der Waals surface area contributed by atoms with Crippen LogP contribution in [0.5, 0.6) is 0 Å². The highest BCUT2D eigenvalue weighted by molar-refractivity contribution is 7.98. The number of rotatable bonds is 4. The molecule has 0 atom stereocenters. The number of nitrogens with zero attached hydrogens (tertiary/aromatic N) is 2. The van der Waals surface area contributed by atoms with Crippen LogP contribution in [0.1, 0.15) is 30.0 Å². The van der Waals surface area contributed by atoms with Gasteiger partial charge in [-0.2, -0.15) is 0 Å². The van der Waals surface area contributed by atoms with E-state index in [0.29, 0.717) is 13.2 Å². The van der Waals surface area contributed by atoms with Crippen molar-refractivity contribution in [2.45, 2.75) is 44.2 Å². The molecule has 7 heteroatoms. The third-order valence-electron chi connectivity index (χ3n) is 4.08. The van der Waals surface area contributed by atoms with Crippen LogP contribution in [0.3, 0.4) is 0 Å². The van der Waals surface area contributed by atoms with Gasteiger partial charge in [0.1, 0.15) is 11.6 Å². The Morgan fingerprint density at radius 1 is 1.38 bits per heavy atom. The standard InChI is InChI=1S/C17H19N3O2S2/c1-17(2)7-12-11(9-22-17)13-14(24-12)15(20-16(19-13)23-3)18-8-10-5-4-6-21-10/h4-6H,7-9H2,1-3H3,(H,18,19,20). The topological polar surface area (TPSA) is 60.2 Å². The molecule has 3 aromatic heterocycles.